The molecule has 1 aromatic carbocycles. The highest BCUT2D eigenvalue weighted by Gasteiger charge is 2.31. The van der Waals surface area contributed by atoms with E-state index in [1.165, 1.54) is 17.7 Å². The number of hydrogen-bond donors (Lipinski definition) is 1. The minimum atomic E-state index is -0.702. The van der Waals surface area contributed by atoms with Gasteiger partial charge in [-0.15, -0.1) is 0 Å². The Balaban J connectivity index is 1.91. The second-order valence-electron chi connectivity index (χ2n) is 5.53. The zero-order valence-corrected chi connectivity index (χ0v) is 11.3. The molecule has 1 fully saturated rings. The van der Waals surface area contributed by atoms with Crippen LogP contribution in [0.15, 0.2) is 18.2 Å². The number of benzene rings is 1. The summed E-state index contributed by atoms with van der Waals surface area (Å²) >= 11 is 0. The van der Waals surface area contributed by atoms with Crippen LogP contribution in [0.3, 0.4) is 0 Å². The fraction of sp³-hybridized carbons (Fsp3) is 0.533. The van der Waals surface area contributed by atoms with Crippen LogP contribution in [0.5, 0.6) is 0 Å². The lowest BCUT2D eigenvalue weighted by Gasteiger charge is -2.30. The van der Waals surface area contributed by atoms with E-state index in [-0.39, 0.29) is 6.04 Å². The van der Waals surface area contributed by atoms with E-state index in [2.05, 4.69) is 30.1 Å². The molecular formula is C15H20N2O2. The Bertz CT molecular complexity index is 501. The number of rotatable bonds is 2. The van der Waals surface area contributed by atoms with Gasteiger partial charge in [-0.3, -0.25) is 0 Å². The number of carboxylic acids is 1. The molecule has 4 nitrogen and oxygen atoms in total. The van der Waals surface area contributed by atoms with Gasteiger partial charge in [0.1, 0.15) is 6.04 Å². The maximum absolute atomic E-state index is 11.3. The van der Waals surface area contributed by atoms with Gasteiger partial charge in [0, 0.05) is 31.5 Å². The topological polar surface area (TPSA) is 43.8 Å². The van der Waals surface area contributed by atoms with E-state index in [1.54, 1.807) is 0 Å². The maximum Gasteiger partial charge on any atom is 0.326 e. The molecule has 102 valence electrons. The standard InChI is InChI=1S/C15H20N2O2/c1-16-8-2-4-11-10-12(6-7-13(11)16)17-9-3-5-14(17)15(18)19/h6-7,10,14H,2-5,8-9H2,1H3,(H,18,19). The molecule has 2 aliphatic rings. The molecule has 1 N–H and O–H groups in total. The average molecular weight is 260 g/mol. The van der Waals surface area contributed by atoms with E-state index in [9.17, 15) is 9.90 Å². The first-order valence-electron chi connectivity index (χ1n) is 7.00. The van der Waals surface area contributed by atoms with E-state index >= 15 is 0 Å². The molecule has 1 saturated heterocycles. The first-order chi connectivity index (χ1) is 9.16. The zero-order chi connectivity index (χ0) is 13.4. The molecule has 0 radical (unpaired) electrons. The van der Waals surface area contributed by atoms with Crippen LogP contribution in [-0.2, 0) is 11.2 Å². The molecule has 19 heavy (non-hydrogen) atoms. The first-order valence-corrected chi connectivity index (χ1v) is 7.00. The van der Waals surface area contributed by atoms with Crippen molar-refractivity contribution in [2.75, 3.05) is 29.9 Å². The summed E-state index contributed by atoms with van der Waals surface area (Å²) in [6.07, 6.45) is 3.99. The number of carboxylic acid groups (broad SMARTS) is 1. The summed E-state index contributed by atoms with van der Waals surface area (Å²) in [6, 6.07) is 6.05. The van der Waals surface area contributed by atoms with Crippen LogP contribution >= 0.6 is 0 Å². The van der Waals surface area contributed by atoms with Crippen molar-refractivity contribution in [2.24, 2.45) is 0 Å². The van der Waals surface area contributed by atoms with Gasteiger partial charge in [0.25, 0.3) is 0 Å². The quantitative estimate of drug-likeness (QED) is 0.884. The van der Waals surface area contributed by atoms with Gasteiger partial charge in [-0.25, -0.2) is 4.79 Å². The molecule has 2 heterocycles. The molecule has 2 aliphatic heterocycles. The van der Waals surface area contributed by atoms with Crippen molar-refractivity contribution in [3.05, 3.63) is 23.8 Å². The Kier molecular flexibility index (Phi) is 3.09. The molecule has 1 unspecified atom stereocenters. The van der Waals surface area contributed by atoms with E-state index in [1.807, 2.05) is 4.90 Å². The molecule has 1 aromatic rings. The minimum absolute atomic E-state index is 0.348. The van der Waals surface area contributed by atoms with Crippen molar-refractivity contribution in [1.82, 2.24) is 0 Å². The Labute approximate surface area is 113 Å². The van der Waals surface area contributed by atoms with Crippen molar-refractivity contribution in [2.45, 2.75) is 31.7 Å². The highest BCUT2D eigenvalue weighted by Crippen LogP contribution is 2.33. The number of aryl methyl sites for hydroxylation is 1. The SMILES string of the molecule is CN1CCCc2cc(N3CCCC3C(=O)O)ccc21. The predicted molar refractivity (Wildman–Crippen MR) is 76.0 cm³/mol. The second-order valence-corrected chi connectivity index (χ2v) is 5.53. The van der Waals surface area contributed by atoms with Gasteiger partial charge in [0.05, 0.1) is 0 Å². The van der Waals surface area contributed by atoms with Crippen molar-refractivity contribution in [3.8, 4) is 0 Å². The van der Waals surface area contributed by atoms with Crippen LogP contribution in [-0.4, -0.2) is 37.3 Å². The van der Waals surface area contributed by atoms with Gasteiger partial charge < -0.3 is 14.9 Å². The van der Waals surface area contributed by atoms with Crippen molar-refractivity contribution < 1.29 is 9.90 Å². The van der Waals surface area contributed by atoms with Crippen molar-refractivity contribution >= 4 is 17.3 Å². The van der Waals surface area contributed by atoms with Crippen LogP contribution in [0.1, 0.15) is 24.8 Å². The number of hydrogen-bond acceptors (Lipinski definition) is 3. The van der Waals surface area contributed by atoms with Crippen LogP contribution in [0.2, 0.25) is 0 Å². The third-order valence-corrected chi connectivity index (χ3v) is 4.28. The maximum atomic E-state index is 11.3. The van der Waals surface area contributed by atoms with Crippen LogP contribution < -0.4 is 9.80 Å². The first kappa shape index (κ1) is 12.3. The predicted octanol–water partition coefficient (Wildman–Crippen LogP) is 2.12. The van der Waals surface area contributed by atoms with Gasteiger partial charge in [-0.1, -0.05) is 0 Å². The molecule has 0 aliphatic carbocycles. The summed E-state index contributed by atoms with van der Waals surface area (Å²) in [5.74, 6) is -0.702. The molecule has 0 bridgehead atoms. The summed E-state index contributed by atoms with van der Waals surface area (Å²) in [5.41, 5.74) is 3.71. The van der Waals surface area contributed by atoms with Crippen molar-refractivity contribution in [3.63, 3.8) is 0 Å². The summed E-state index contributed by atoms with van der Waals surface area (Å²) in [5, 5.41) is 9.28. The van der Waals surface area contributed by atoms with Crippen LogP contribution in [0.4, 0.5) is 11.4 Å². The van der Waals surface area contributed by atoms with Crippen LogP contribution in [0, 0.1) is 0 Å². The molecular weight excluding hydrogens is 240 g/mol. The minimum Gasteiger partial charge on any atom is -0.480 e. The number of nitrogens with zero attached hydrogens (tertiary/aromatic N) is 2. The Morgan fingerprint density at radius 2 is 2.16 bits per heavy atom. The summed E-state index contributed by atoms with van der Waals surface area (Å²) in [7, 11) is 2.12. The lowest BCUT2D eigenvalue weighted by atomic mass is 10.0. The van der Waals surface area contributed by atoms with E-state index in [0.717, 1.165) is 38.0 Å². The largest absolute Gasteiger partial charge is 0.480 e. The summed E-state index contributed by atoms with van der Waals surface area (Å²) in [6.45, 7) is 1.96. The fourth-order valence-electron chi connectivity index (χ4n) is 3.28. The number of carbonyl (C=O) groups is 1. The number of fused-ring (bicyclic) bond motifs is 1. The van der Waals surface area contributed by atoms with Gasteiger partial charge in [0.15, 0.2) is 0 Å². The molecule has 4 heteroatoms. The highest BCUT2D eigenvalue weighted by atomic mass is 16.4. The van der Waals surface area contributed by atoms with E-state index in [0.29, 0.717) is 0 Å². The smallest absolute Gasteiger partial charge is 0.326 e. The van der Waals surface area contributed by atoms with Gasteiger partial charge in [0.2, 0.25) is 0 Å². The zero-order valence-electron chi connectivity index (χ0n) is 11.3. The Morgan fingerprint density at radius 1 is 1.32 bits per heavy atom. The Hall–Kier alpha value is -1.71. The number of anilines is 2. The summed E-state index contributed by atoms with van der Waals surface area (Å²) in [4.78, 5) is 15.6. The molecule has 0 amide bonds. The van der Waals surface area contributed by atoms with Gasteiger partial charge in [-0.05, 0) is 49.4 Å². The molecule has 1 atom stereocenters. The summed E-state index contributed by atoms with van der Waals surface area (Å²) < 4.78 is 0. The van der Waals surface area contributed by atoms with Gasteiger partial charge in [-0.2, -0.15) is 0 Å². The number of aliphatic carboxylic acids is 1. The van der Waals surface area contributed by atoms with Crippen LogP contribution in [0.25, 0.3) is 0 Å². The fourth-order valence-corrected chi connectivity index (χ4v) is 3.28. The highest BCUT2D eigenvalue weighted by molar-refractivity contribution is 5.79. The normalized spacial score (nSPS) is 22.5. The van der Waals surface area contributed by atoms with Crippen molar-refractivity contribution in [1.29, 1.82) is 0 Å². The lowest BCUT2D eigenvalue weighted by molar-refractivity contribution is -0.138. The average Bonchev–Trinajstić information content (AvgIpc) is 2.88. The molecule has 0 saturated carbocycles. The van der Waals surface area contributed by atoms with Gasteiger partial charge >= 0.3 is 5.97 Å². The van der Waals surface area contributed by atoms with E-state index in [4.69, 9.17) is 0 Å². The third kappa shape index (κ3) is 2.15. The molecule has 0 spiro atoms. The lowest BCUT2D eigenvalue weighted by Crippen LogP contribution is -2.36. The molecule has 0 aromatic heterocycles. The Morgan fingerprint density at radius 3 is 2.95 bits per heavy atom. The third-order valence-electron chi connectivity index (χ3n) is 4.28. The molecule has 3 rings (SSSR count). The van der Waals surface area contributed by atoms with E-state index < -0.39 is 5.97 Å². The monoisotopic (exact) mass is 260 g/mol. The second kappa shape index (κ2) is 4.76.